The first-order valence-corrected chi connectivity index (χ1v) is 8.28. The molecule has 7 heteroatoms. The first kappa shape index (κ1) is 18.7. The molecule has 0 spiro atoms. The second-order valence-electron chi connectivity index (χ2n) is 5.16. The van der Waals surface area contributed by atoms with Gasteiger partial charge in [-0.1, -0.05) is 64.6 Å². The third-order valence-corrected chi connectivity index (χ3v) is 3.94. The number of alkyl halides is 3. The third-order valence-electron chi connectivity index (χ3n) is 3.29. The van der Waals surface area contributed by atoms with Gasteiger partial charge in [0.05, 0.1) is 12.8 Å². The predicted octanol–water partition coefficient (Wildman–Crippen LogP) is 4.54. The molecule has 128 valence electrons. The molecule has 0 aliphatic rings. The maximum Gasteiger partial charge on any atom is 0.252 e. The minimum absolute atomic E-state index is 0.350. The second kappa shape index (κ2) is 7.97. The Balaban J connectivity index is 2.22. The number of carbonyl (C=O) groups is 1. The maximum atomic E-state index is 12.4. The summed E-state index contributed by atoms with van der Waals surface area (Å²) in [6.07, 6.45) is -0.952. The van der Waals surface area contributed by atoms with Crippen LogP contribution in [0.15, 0.2) is 48.5 Å². The van der Waals surface area contributed by atoms with Crippen LogP contribution in [0, 0.1) is 6.92 Å². The molecule has 2 rings (SSSR count). The summed E-state index contributed by atoms with van der Waals surface area (Å²) in [7, 11) is 1.54. The number of anilines is 1. The minimum Gasteiger partial charge on any atom is -0.495 e. The molecule has 0 heterocycles. The predicted molar refractivity (Wildman–Crippen MR) is 99.3 cm³/mol. The van der Waals surface area contributed by atoms with Gasteiger partial charge in [0.1, 0.15) is 11.9 Å². The molecule has 0 aromatic heterocycles. The van der Waals surface area contributed by atoms with Gasteiger partial charge in [-0.25, -0.2) is 0 Å². The monoisotopic (exact) mass is 386 g/mol. The molecule has 2 aromatic rings. The summed E-state index contributed by atoms with van der Waals surface area (Å²) < 4.78 is 3.50. The number of nitrogens with one attached hydrogen (secondary N) is 2. The lowest BCUT2D eigenvalue weighted by Crippen LogP contribution is -2.49. The number of benzene rings is 2. The van der Waals surface area contributed by atoms with Crippen molar-refractivity contribution in [3.63, 3.8) is 0 Å². The molecule has 0 fully saturated rings. The molecule has 0 aliphatic heterocycles. The summed E-state index contributed by atoms with van der Waals surface area (Å²) in [6.45, 7) is 1.90. The Morgan fingerprint density at radius 3 is 2.46 bits per heavy atom. The molecule has 1 amide bonds. The SMILES string of the molecule is COc1ccccc1NC(NC(=O)c1cccc(C)c1)C(Cl)(Cl)Cl. The molecule has 4 nitrogen and oxygen atoms in total. The van der Waals surface area contributed by atoms with E-state index in [2.05, 4.69) is 10.6 Å². The first-order valence-electron chi connectivity index (χ1n) is 7.15. The summed E-state index contributed by atoms with van der Waals surface area (Å²) in [6, 6.07) is 14.3. The fraction of sp³-hybridized carbons (Fsp3) is 0.235. The normalized spacial score (nSPS) is 12.4. The van der Waals surface area contributed by atoms with Crippen LogP contribution in [0.3, 0.4) is 0 Å². The van der Waals surface area contributed by atoms with E-state index in [4.69, 9.17) is 39.5 Å². The van der Waals surface area contributed by atoms with E-state index in [1.165, 1.54) is 7.11 Å². The first-order chi connectivity index (χ1) is 11.3. The standard InChI is InChI=1S/C17H17Cl3N2O2/c1-11-6-5-7-12(10-11)15(23)22-16(17(18,19)20)21-13-8-3-4-9-14(13)24-2/h3-10,16,21H,1-2H3,(H,22,23). The number of rotatable bonds is 5. The zero-order valence-electron chi connectivity index (χ0n) is 13.1. The van der Waals surface area contributed by atoms with Crippen LogP contribution >= 0.6 is 34.8 Å². The summed E-state index contributed by atoms with van der Waals surface area (Å²) >= 11 is 18.1. The molecule has 2 N–H and O–H groups in total. The van der Waals surface area contributed by atoms with Crippen LogP contribution in [0.2, 0.25) is 0 Å². The van der Waals surface area contributed by atoms with Crippen LogP contribution in [-0.4, -0.2) is 23.0 Å². The smallest absolute Gasteiger partial charge is 0.252 e. The summed E-state index contributed by atoms with van der Waals surface area (Å²) in [4.78, 5) is 12.4. The number of hydrogen-bond acceptors (Lipinski definition) is 3. The third kappa shape index (κ3) is 4.94. The highest BCUT2D eigenvalue weighted by Crippen LogP contribution is 2.33. The summed E-state index contributed by atoms with van der Waals surface area (Å²) in [5, 5.41) is 5.70. The van der Waals surface area contributed by atoms with Crippen LogP contribution in [0.5, 0.6) is 5.75 Å². The van der Waals surface area contributed by atoms with Crippen molar-refractivity contribution in [2.45, 2.75) is 16.9 Å². The average Bonchev–Trinajstić information content (AvgIpc) is 2.53. The van der Waals surface area contributed by atoms with E-state index in [1.807, 2.05) is 25.1 Å². The molecular weight excluding hydrogens is 371 g/mol. The number of methoxy groups -OCH3 is 1. The molecule has 0 radical (unpaired) electrons. The molecule has 1 unspecified atom stereocenters. The number of para-hydroxylation sites is 2. The number of ether oxygens (including phenoxy) is 1. The van der Waals surface area contributed by atoms with Crippen molar-refractivity contribution < 1.29 is 9.53 Å². The van der Waals surface area contributed by atoms with E-state index in [0.29, 0.717) is 17.0 Å². The van der Waals surface area contributed by atoms with Crippen molar-refractivity contribution >= 4 is 46.4 Å². The molecule has 2 aromatic carbocycles. The molecule has 1 atom stereocenters. The van der Waals surface area contributed by atoms with E-state index in [1.54, 1.807) is 30.3 Å². The van der Waals surface area contributed by atoms with E-state index in [-0.39, 0.29) is 5.91 Å². The highest BCUT2D eigenvalue weighted by atomic mass is 35.6. The van der Waals surface area contributed by atoms with Gasteiger partial charge in [-0.3, -0.25) is 4.79 Å². The Bertz CT molecular complexity index is 717. The molecule has 24 heavy (non-hydrogen) atoms. The zero-order chi connectivity index (χ0) is 17.7. The lowest BCUT2D eigenvalue weighted by atomic mass is 10.1. The van der Waals surface area contributed by atoms with Crippen molar-refractivity contribution in [3.8, 4) is 5.75 Å². The van der Waals surface area contributed by atoms with Crippen LogP contribution in [0.25, 0.3) is 0 Å². The lowest BCUT2D eigenvalue weighted by Gasteiger charge is -2.28. The highest BCUT2D eigenvalue weighted by molar-refractivity contribution is 6.68. The van der Waals surface area contributed by atoms with Gasteiger partial charge < -0.3 is 15.4 Å². The van der Waals surface area contributed by atoms with E-state index in [9.17, 15) is 4.79 Å². The van der Waals surface area contributed by atoms with Gasteiger partial charge in [-0.15, -0.1) is 0 Å². The Morgan fingerprint density at radius 2 is 1.83 bits per heavy atom. The molecule has 0 bridgehead atoms. The number of carbonyl (C=O) groups excluding carboxylic acids is 1. The van der Waals surface area contributed by atoms with Gasteiger partial charge >= 0.3 is 0 Å². The number of hydrogen-bond donors (Lipinski definition) is 2. The number of halogens is 3. The van der Waals surface area contributed by atoms with Crippen molar-refractivity contribution in [1.82, 2.24) is 5.32 Å². The van der Waals surface area contributed by atoms with Gasteiger partial charge in [0.2, 0.25) is 3.79 Å². The highest BCUT2D eigenvalue weighted by Gasteiger charge is 2.34. The lowest BCUT2D eigenvalue weighted by molar-refractivity contribution is 0.0941. The molecule has 0 saturated carbocycles. The van der Waals surface area contributed by atoms with Crippen LogP contribution in [0.4, 0.5) is 5.69 Å². The van der Waals surface area contributed by atoms with E-state index >= 15 is 0 Å². The molecular formula is C17H17Cl3N2O2. The molecule has 0 saturated heterocycles. The summed E-state index contributed by atoms with van der Waals surface area (Å²) in [5.74, 6) is 0.221. The van der Waals surface area contributed by atoms with Gasteiger partial charge in [0.25, 0.3) is 5.91 Å². The maximum absolute atomic E-state index is 12.4. The Kier molecular flexibility index (Phi) is 6.21. The zero-order valence-corrected chi connectivity index (χ0v) is 15.4. The van der Waals surface area contributed by atoms with Gasteiger partial charge in [0, 0.05) is 5.56 Å². The van der Waals surface area contributed by atoms with Crippen molar-refractivity contribution in [1.29, 1.82) is 0 Å². The Labute approximate surface area is 156 Å². The minimum atomic E-state index is -1.76. The Morgan fingerprint density at radius 1 is 1.12 bits per heavy atom. The van der Waals surface area contributed by atoms with Gasteiger partial charge in [-0.05, 0) is 31.2 Å². The topological polar surface area (TPSA) is 50.4 Å². The van der Waals surface area contributed by atoms with Crippen LogP contribution < -0.4 is 15.4 Å². The fourth-order valence-electron chi connectivity index (χ4n) is 2.12. The van der Waals surface area contributed by atoms with Crippen molar-refractivity contribution in [2.75, 3.05) is 12.4 Å². The largest absolute Gasteiger partial charge is 0.495 e. The van der Waals surface area contributed by atoms with Crippen molar-refractivity contribution in [2.24, 2.45) is 0 Å². The van der Waals surface area contributed by atoms with Crippen molar-refractivity contribution in [3.05, 3.63) is 59.7 Å². The van der Waals surface area contributed by atoms with Gasteiger partial charge in [0.15, 0.2) is 0 Å². The number of aryl methyl sites for hydroxylation is 1. The second-order valence-corrected chi connectivity index (χ2v) is 7.53. The summed E-state index contributed by atoms with van der Waals surface area (Å²) in [5.41, 5.74) is 2.04. The molecule has 0 aliphatic carbocycles. The Hall–Kier alpha value is -1.62. The van der Waals surface area contributed by atoms with E-state index in [0.717, 1.165) is 5.56 Å². The fourth-order valence-corrected chi connectivity index (χ4v) is 2.45. The number of amides is 1. The van der Waals surface area contributed by atoms with Crippen LogP contribution in [-0.2, 0) is 0 Å². The quantitative estimate of drug-likeness (QED) is 0.585. The van der Waals surface area contributed by atoms with Gasteiger partial charge in [-0.2, -0.15) is 0 Å². The van der Waals surface area contributed by atoms with E-state index < -0.39 is 9.96 Å². The average molecular weight is 388 g/mol. The van der Waals surface area contributed by atoms with Crippen LogP contribution in [0.1, 0.15) is 15.9 Å².